The number of anilines is 1. The summed E-state index contributed by atoms with van der Waals surface area (Å²) >= 11 is 3.63. The van der Waals surface area contributed by atoms with Gasteiger partial charge in [-0.05, 0) is 107 Å². The molecule has 204 valence electrons. The van der Waals surface area contributed by atoms with Gasteiger partial charge in [-0.1, -0.05) is 96.7 Å². The zero-order valence-corrected chi connectivity index (χ0v) is 24.8. The van der Waals surface area contributed by atoms with Crippen LogP contribution in [0.4, 0.5) is 5.69 Å². The van der Waals surface area contributed by atoms with Gasteiger partial charge >= 0.3 is 0 Å². The normalized spacial score (nSPS) is 19.8. The van der Waals surface area contributed by atoms with Crippen LogP contribution in [0.5, 0.6) is 0 Å². The highest BCUT2D eigenvalue weighted by Gasteiger charge is 2.24. The number of thioether (sulfide) groups is 1. The second-order valence-corrected chi connectivity index (χ2v) is 13.4. The van der Waals surface area contributed by atoms with E-state index in [1.807, 2.05) is 11.8 Å². The summed E-state index contributed by atoms with van der Waals surface area (Å²) in [5.41, 5.74) is 11.6. The predicted molar refractivity (Wildman–Crippen MR) is 181 cm³/mol. The minimum absolute atomic E-state index is 0.669. The summed E-state index contributed by atoms with van der Waals surface area (Å²) < 4.78 is 1.24. The Hall–Kier alpha value is -4.12. The zero-order chi connectivity index (χ0) is 27.9. The summed E-state index contributed by atoms with van der Waals surface area (Å²) in [5.74, 6) is 0.669. The second-order valence-electron chi connectivity index (χ2n) is 11.3. The molecule has 0 saturated heterocycles. The lowest BCUT2D eigenvalue weighted by molar-refractivity contribution is 0.503. The lowest BCUT2D eigenvalue weighted by Gasteiger charge is -2.28. The van der Waals surface area contributed by atoms with Crippen molar-refractivity contribution in [3.05, 3.63) is 142 Å². The first-order chi connectivity index (χ1) is 20.7. The largest absolute Gasteiger partial charge is 0.349 e. The van der Waals surface area contributed by atoms with Crippen molar-refractivity contribution in [1.82, 2.24) is 4.98 Å². The number of allylic oxidation sites excluding steroid dienone is 6. The van der Waals surface area contributed by atoms with Crippen LogP contribution in [0.15, 0.2) is 142 Å². The minimum Gasteiger partial charge on any atom is -0.349 e. The number of fused-ring (bicyclic) bond motifs is 3. The number of hydrogen-bond acceptors (Lipinski definition) is 4. The first-order valence-corrected chi connectivity index (χ1v) is 16.3. The maximum absolute atomic E-state index is 4.95. The topological polar surface area (TPSA) is 24.9 Å². The van der Waals surface area contributed by atoms with Crippen LogP contribution in [-0.2, 0) is 0 Å². The van der Waals surface area contributed by atoms with Gasteiger partial charge in [-0.15, -0.1) is 11.3 Å². The number of rotatable bonds is 4. The molecule has 4 heteroatoms. The van der Waals surface area contributed by atoms with Crippen LogP contribution in [0.25, 0.3) is 38.5 Å². The molecule has 0 amide bonds. The van der Waals surface area contributed by atoms with E-state index in [1.165, 1.54) is 72.1 Å². The van der Waals surface area contributed by atoms with Crippen molar-refractivity contribution >= 4 is 45.1 Å². The molecule has 0 bridgehead atoms. The molecule has 5 aromatic rings. The summed E-state index contributed by atoms with van der Waals surface area (Å²) in [5, 5.41) is 5.96. The third-order valence-electron chi connectivity index (χ3n) is 8.44. The standard InChI is InChI=1S/C38H30N2S2/c1-3-7-27(8-4-1)30-15-17-33-35(23-30)41-37(39-33)21-25-11-13-29-14-12-26(20-32(29)19-25)22-38-40-34-18-16-31(24-36(34)42-38)28-9-5-2-6-10-28/h1-10,15-24,29,39H,11-14H2/b26-22+,37-21-. The second kappa shape index (κ2) is 10.9. The quantitative estimate of drug-likeness (QED) is 0.230. The van der Waals surface area contributed by atoms with E-state index in [0.717, 1.165) is 23.4 Å². The lowest BCUT2D eigenvalue weighted by atomic mass is 9.77. The summed E-state index contributed by atoms with van der Waals surface area (Å²) in [4.78, 5) is 6.25. The highest BCUT2D eigenvalue weighted by molar-refractivity contribution is 8.03. The van der Waals surface area contributed by atoms with Gasteiger partial charge in [0.05, 0.1) is 20.9 Å². The van der Waals surface area contributed by atoms with Crippen LogP contribution in [0.2, 0.25) is 0 Å². The molecule has 1 N–H and O–H groups in total. The molecule has 0 spiro atoms. The molecule has 2 heterocycles. The first kappa shape index (κ1) is 25.6. The van der Waals surface area contributed by atoms with Gasteiger partial charge in [0.15, 0.2) is 0 Å². The highest BCUT2D eigenvalue weighted by Crippen LogP contribution is 2.45. The molecule has 42 heavy (non-hydrogen) atoms. The monoisotopic (exact) mass is 578 g/mol. The predicted octanol–water partition coefficient (Wildman–Crippen LogP) is 11.1. The third kappa shape index (κ3) is 5.17. The summed E-state index contributed by atoms with van der Waals surface area (Å²) in [6.45, 7) is 0. The van der Waals surface area contributed by atoms with E-state index in [0.29, 0.717) is 5.92 Å². The number of benzene rings is 4. The zero-order valence-electron chi connectivity index (χ0n) is 23.2. The van der Waals surface area contributed by atoms with Gasteiger partial charge in [-0.2, -0.15) is 0 Å². The van der Waals surface area contributed by atoms with Crippen LogP contribution in [0, 0.1) is 5.92 Å². The Balaban J connectivity index is 1.02. The van der Waals surface area contributed by atoms with Crippen molar-refractivity contribution in [1.29, 1.82) is 0 Å². The number of nitrogens with one attached hydrogen (secondary N) is 1. The van der Waals surface area contributed by atoms with Crippen molar-refractivity contribution in [3.8, 4) is 22.3 Å². The molecule has 8 rings (SSSR count). The van der Waals surface area contributed by atoms with Crippen molar-refractivity contribution in [2.45, 2.75) is 30.6 Å². The lowest BCUT2D eigenvalue weighted by Crippen LogP contribution is -2.13. The van der Waals surface area contributed by atoms with Crippen molar-refractivity contribution < 1.29 is 0 Å². The molecule has 2 nitrogen and oxygen atoms in total. The molecule has 0 radical (unpaired) electrons. The Bertz CT molecular complexity index is 1930. The molecule has 1 aromatic heterocycles. The maximum atomic E-state index is 4.95. The Morgan fingerprint density at radius 1 is 0.714 bits per heavy atom. The summed E-state index contributed by atoms with van der Waals surface area (Å²) in [6.07, 6.45) is 14.3. The highest BCUT2D eigenvalue weighted by atomic mass is 32.2. The third-order valence-corrected chi connectivity index (χ3v) is 10.4. The molecule has 1 aliphatic heterocycles. The van der Waals surface area contributed by atoms with Crippen molar-refractivity contribution in [3.63, 3.8) is 0 Å². The van der Waals surface area contributed by atoms with Crippen molar-refractivity contribution in [2.24, 2.45) is 5.92 Å². The molecule has 1 unspecified atom stereocenters. The van der Waals surface area contributed by atoms with Crippen LogP contribution in [0.1, 0.15) is 30.7 Å². The van der Waals surface area contributed by atoms with Gasteiger partial charge in [-0.3, -0.25) is 0 Å². The summed E-state index contributed by atoms with van der Waals surface area (Å²) in [7, 11) is 0. The van der Waals surface area contributed by atoms with Gasteiger partial charge in [-0.25, -0.2) is 4.98 Å². The van der Waals surface area contributed by atoms with E-state index in [2.05, 4.69) is 127 Å². The average molecular weight is 579 g/mol. The van der Waals surface area contributed by atoms with E-state index in [-0.39, 0.29) is 0 Å². The van der Waals surface area contributed by atoms with E-state index >= 15 is 0 Å². The maximum Gasteiger partial charge on any atom is 0.117 e. The fourth-order valence-electron chi connectivity index (χ4n) is 6.24. The van der Waals surface area contributed by atoms with Gasteiger partial charge in [0.1, 0.15) is 5.01 Å². The Morgan fingerprint density at radius 2 is 1.45 bits per heavy atom. The molecule has 2 aliphatic carbocycles. The van der Waals surface area contributed by atoms with E-state index in [9.17, 15) is 0 Å². The minimum atomic E-state index is 0.669. The molecule has 0 saturated carbocycles. The molecular formula is C38H30N2S2. The molecule has 4 aromatic carbocycles. The number of aromatic nitrogens is 1. The van der Waals surface area contributed by atoms with Crippen LogP contribution < -0.4 is 5.32 Å². The fraction of sp³-hybridized carbons (Fsp3) is 0.132. The van der Waals surface area contributed by atoms with E-state index in [4.69, 9.17) is 4.98 Å². The van der Waals surface area contributed by atoms with Gasteiger partial charge in [0.2, 0.25) is 0 Å². The Morgan fingerprint density at radius 3 is 2.26 bits per heavy atom. The first-order valence-electron chi connectivity index (χ1n) is 14.7. The Labute approximate surface area is 255 Å². The molecule has 0 fully saturated rings. The smallest absolute Gasteiger partial charge is 0.117 e. The SMILES string of the molecule is C1=C(/C=C2/Nc3ccc(-c4ccccc4)cc3S2)CCC2CC/C(=C\c3nc4ccc(-c5ccccc5)cc4s3)C=C12. The summed E-state index contributed by atoms with van der Waals surface area (Å²) in [6, 6.07) is 34.5. The van der Waals surface area contributed by atoms with E-state index < -0.39 is 0 Å². The van der Waals surface area contributed by atoms with Gasteiger partial charge < -0.3 is 5.32 Å². The van der Waals surface area contributed by atoms with Crippen LogP contribution in [0.3, 0.4) is 0 Å². The van der Waals surface area contributed by atoms with Crippen LogP contribution in [-0.4, -0.2) is 4.98 Å². The number of thiazole rings is 1. The van der Waals surface area contributed by atoms with Gasteiger partial charge in [0.25, 0.3) is 0 Å². The number of hydrogen-bond donors (Lipinski definition) is 1. The average Bonchev–Trinajstić information content (AvgIpc) is 3.63. The fourth-order valence-corrected chi connectivity index (χ4v) is 8.25. The van der Waals surface area contributed by atoms with Gasteiger partial charge in [0, 0.05) is 4.90 Å². The van der Waals surface area contributed by atoms with Crippen LogP contribution >= 0.6 is 23.1 Å². The Kier molecular flexibility index (Phi) is 6.66. The molecule has 1 atom stereocenters. The van der Waals surface area contributed by atoms with E-state index in [1.54, 1.807) is 11.3 Å². The molecule has 3 aliphatic rings. The number of nitrogens with zero attached hydrogens (tertiary/aromatic N) is 1. The van der Waals surface area contributed by atoms with Crippen molar-refractivity contribution in [2.75, 3.05) is 5.32 Å². The molecular weight excluding hydrogens is 549 g/mol.